The van der Waals surface area contributed by atoms with Crippen LogP contribution in [0.5, 0.6) is 0 Å². The highest BCUT2D eigenvalue weighted by Crippen LogP contribution is 2.23. The minimum absolute atomic E-state index is 0.0769. The maximum Gasteiger partial charge on any atom is 0.248 e. The second-order valence-corrected chi connectivity index (χ2v) is 5.92. The van der Waals surface area contributed by atoms with Crippen LogP contribution in [0.25, 0.3) is 0 Å². The molecule has 1 aliphatic rings. The summed E-state index contributed by atoms with van der Waals surface area (Å²) in [5.41, 5.74) is 5.60. The molecule has 0 radical (unpaired) electrons. The number of aryl methyl sites for hydroxylation is 1. The molecular weight excluding hydrogens is 228 g/mol. The van der Waals surface area contributed by atoms with Crippen molar-refractivity contribution in [2.45, 2.75) is 24.2 Å². The maximum absolute atomic E-state index is 12.2. The molecule has 0 amide bonds. The molecule has 2 rings (SSSR count). The third-order valence-corrected chi connectivity index (χ3v) is 4.67. The van der Waals surface area contributed by atoms with Gasteiger partial charge >= 0.3 is 0 Å². The van der Waals surface area contributed by atoms with Crippen LogP contribution in [-0.2, 0) is 17.1 Å². The molecule has 0 bridgehead atoms. The van der Waals surface area contributed by atoms with E-state index in [2.05, 4.69) is 5.10 Å². The van der Waals surface area contributed by atoms with Crippen molar-refractivity contribution >= 4 is 15.8 Å². The molecule has 16 heavy (non-hydrogen) atoms. The Morgan fingerprint density at radius 3 is 2.44 bits per heavy atom. The van der Waals surface area contributed by atoms with Gasteiger partial charge in [0.2, 0.25) is 10.0 Å². The fraction of sp³-hybridized carbons (Fsp3) is 0.667. The van der Waals surface area contributed by atoms with Crippen LogP contribution in [0.2, 0.25) is 0 Å². The van der Waals surface area contributed by atoms with Gasteiger partial charge in [-0.25, -0.2) is 8.42 Å². The van der Waals surface area contributed by atoms with E-state index in [1.807, 2.05) is 0 Å². The molecule has 0 aromatic carbocycles. The molecule has 1 aliphatic heterocycles. The first-order valence-corrected chi connectivity index (χ1v) is 6.75. The Labute approximate surface area is 95.1 Å². The van der Waals surface area contributed by atoms with Crippen LogP contribution >= 0.6 is 0 Å². The quantitative estimate of drug-likeness (QED) is 0.804. The van der Waals surface area contributed by atoms with Gasteiger partial charge in [-0.15, -0.1) is 0 Å². The first-order chi connectivity index (χ1) is 7.51. The monoisotopic (exact) mass is 244 g/mol. The predicted molar refractivity (Wildman–Crippen MR) is 60.2 cm³/mol. The summed E-state index contributed by atoms with van der Waals surface area (Å²) in [5.74, 6) is 0.0769. The van der Waals surface area contributed by atoms with Gasteiger partial charge in [-0.05, 0) is 12.8 Å². The maximum atomic E-state index is 12.2. The highest BCUT2D eigenvalue weighted by Gasteiger charge is 2.29. The van der Waals surface area contributed by atoms with Gasteiger partial charge < -0.3 is 5.73 Å². The average Bonchev–Trinajstić information content (AvgIpc) is 2.60. The van der Waals surface area contributed by atoms with E-state index in [9.17, 15) is 8.42 Å². The van der Waals surface area contributed by atoms with Crippen LogP contribution in [0.1, 0.15) is 19.3 Å². The van der Waals surface area contributed by atoms with Gasteiger partial charge in [-0.1, -0.05) is 6.42 Å². The van der Waals surface area contributed by atoms with E-state index in [4.69, 9.17) is 5.73 Å². The lowest BCUT2D eigenvalue weighted by molar-refractivity contribution is 0.347. The summed E-state index contributed by atoms with van der Waals surface area (Å²) in [4.78, 5) is 0.122. The topological polar surface area (TPSA) is 81.2 Å². The molecule has 2 heterocycles. The molecule has 1 saturated heterocycles. The van der Waals surface area contributed by atoms with Crippen LogP contribution in [0.3, 0.4) is 0 Å². The van der Waals surface area contributed by atoms with Gasteiger partial charge in [0, 0.05) is 26.3 Å². The van der Waals surface area contributed by atoms with Crippen LogP contribution in [0.4, 0.5) is 5.82 Å². The normalized spacial score (nSPS) is 18.8. The minimum Gasteiger partial charge on any atom is -0.381 e. The van der Waals surface area contributed by atoms with Gasteiger partial charge in [0.05, 0.1) is 0 Å². The van der Waals surface area contributed by atoms with Crippen molar-refractivity contribution < 1.29 is 8.42 Å². The SMILES string of the molecule is Cn1cc(S(=O)(=O)N2CCCCC2)c(N)n1. The molecule has 6 nitrogen and oxygen atoms in total. The fourth-order valence-corrected chi connectivity index (χ4v) is 3.53. The van der Waals surface area contributed by atoms with Crippen molar-refractivity contribution in [3.8, 4) is 0 Å². The van der Waals surface area contributed by atoms with E-state index in [1.54, 1.807) is 7.05 Å². The van der Waals surface area contributed by atoms with Crippen molar-refractivity contribution in [2.24, 2.45) is 7.05 Å². The number of sulfonamides is 1. The standard InChI is InChI=1S/C9H16N4O2S/c1-12-7-8(9(10)11-12)16(14,15)13-5-3-2-4-6-13/h7H,2-6H2,1H3,(H2,10,11). The number of rotatable bonds is 2. The highest BCUT2D eigenvalue weighted by atomic mass is 32.2. The van der Waals surface area contributed by atoms with Crippen molar-refractivity contribution in [3.05, 3.63) is 6.20 Å². The minimum atomic E-state index is -3.45. The van der Waals surface area contributed by atoms with Crippen molar-refractivity contribution in [1.82, 2.24) is 14.1 Å². The number of nitrogens with two attached hydrogens (primary N) is 1. The van der Waals surface area contributed by atoms with E-state index >= 15 is 0 Å². The lowest BCUT2D eigenvalue weighted by atomic mass is 10.2. The van der Waals surface area contributed by atoms with Crippen LogP contribution in [0, 0.1) is 0 Å². The van der Waals surface area contributed by atoms with E-state index in [0.717, 1.165) is 19.3 Å². The Kier molecular flexibility index (Phi) is 2.90. The van der Waals surface area contributed by atoms with E-state index < -0.39 is 10.0 Å². The lowest BCUT2D eigenvalue weighted by Crippen LogP contribution is -2.35. The molecule has 0 unspecified atom stereocenters. The van der Waals surface area contributed by atoms with E-state index in [-0.39, 0.29) is 10.7 Å². The third kappa shape index (κ3) is 1.92. The van der Waals surface area contributed by atoms with Gasteiger partial charge in [-0.3, -0.25) is 4.68 Å². The number of hydrogen-bond donors (Lipinski definition) is 1. The Balaban J connectivity index is 2.34. The molecule has 0 saturated carbocycles. The van der Waals surface area contributed by atoms with Crippen LogP contribution in [0.15, 0.2) is 11.1 Å². The van der Waals surface area contributed by atoms with Crippen LogP contribution in [-0.4, -0.2) is 35.6 Å². The summed E-state index contributed by atoms with van der Waals surface area (Å²) >= 11 is 0. The van der Waals surface area contributed by atoms with Gasteiger partial charge in [0.1, 0.15) is 4.90 Å². The zero-order chi connectivity index (χ0) is 11.8. The van der Waals surface area contributed by atoms with E-state index in [0.29, 0.717) is 13.1 Å². The van der Waals surface area contributed by atoms with Crippen molar-refractivity contribution in [2.75, 3.05) is 18.8 Å². The number of anilines is 1. The summed E-state index contributed by atoms with van der Waals surface area (Å²) in [6.07, 6.45) is 4.38. The zero-order valence-corrected chi connectivity index (χ0v) is 10.1. The largest absolute Gasteiger partial charge is 0.381 e. The molecule has 1 fully saturated rings. The first-order valence-electron chi connectivity index (χ1n) is 5.31. The number of nitrogens with zero attached hydrogens (tertiary/aromatic N) is 3. The highest BCUT2D eigenvalue weighted by molar-refractivity contribution is 7.89. The predicted octanol–water partition coefficient (Wildman–Crippen LogP) is 0.177. The van der Waals surface area contributed by atoms with Crippen molar-refractivity contribution in [1.29, 1.82) is 0 Å². The average molecular weight is 244 g/mol. The summed E-state index contributed by atoms with van der Waals surface area (Å²) < 4.78 is 27.3. The Hall–Kier alpha value is -1.08. The second kappa shape index (κ2) is 4.06. The van der Waals surface area contributed by atoms with Crippen molar-refractivity contribution in [3.63, 3.8) is 0 Å². The molecule has 0 aliphatic carbocycles. The molecule has 90 valence electrons. The molecule has 7 heteroatoms. The summed E-state index contributed by atoms with van der Waals surface area (Å²) in [6.45, 7) is 1.16. The molecule has 1 aromatic rings. The second-order valence-electron chi connectivity index (χ2n) is 4.02. The number of hydrogen-bond acceptors (Lipinski definition) is 4. The fourth-order valence-electron chi connectivity index (χ4n) is 1.93. The number of piperidine rings is 1. The van der Waals surface area contributed by atoms with Crippen LogP contribution < -0.4 is 5.73 Å². The Morgan fingerprint density at radius 2 is 1.94 bits per heavy atom. The summed E-state index contributed by atoms with van der Waals surface area (Å²) in [5, 5.41) is 3.86. The Morgan fingerprint density at radius 1 is 1.31 bits per heavy atom. The first kappa shape index (κ1) is 11.4. The summed E-state index contributed by atoms with van der Waals surface area (Å²) in [7, 11) is -1.79. The van der Waals surface area contributed by atoms with Gasteiger partial charge in [0.15, 0.2) is 5.82 Å². The Bertz CT molecular complexity index is 474. The lowest BCUT2D eigenvalue weighted by Gasteiger charge is -2.25. The molecular formula is C9H16N4O2S. The van der Waals surface area contributed by atoms with E-state index in [1.165, 1.54) is 15.2 Å². The molecule has 0 atom stereocenters. The zero-order valence-electron chi connectivity index (χ0n) is 9.26. The smallest absolute Gasteiger partial charge is 0.248 e. The third-order valence-electron chi connectivity index (χ3n) is 2.75. The van der Waals surface area contributed by atoms with Gasteiger partial charge in [0.25, 0.3) is 0 Å². The molecule has 1 aromatic heterocycles. The summed E-state index contributed by atoms with van der Waals surface area (Å²) in [6, 6.07) is 0. The molecule has 2 N–H and O–H groups in total. The van der Waals surface area contributed by atoms with Gasteiger partial charge in [-0.2, -0.15) is 9.40 Å². The number of aromatic nitrogens is 2. The molecule has 0 spiro atoms. The number of nitrogen functional groups attached to an aromatic ring is 1.